The number of primary amides is 1. The fraction of sp³-hybridized carbons (Fsp3) is 0.467. The minimum Gasteiger partial charge on any atom is -0.368 e. The molecule has 1 aliphatic rings. The second-order valence-electron chi connectivity index (χ2n) is 5.71. The van der Waals surface area contributed by atoms with Gasteiger partial charge in [-0.3, -0.25) is 14.5 Å². The van der Waals surface area contributed by atoms with E-state index in [4.69, 9.17) is 5.73 Å². The molecule has 21 heavy (non-hydrogen) atoms. The highest BCUT2D eigenvalue weighted by Crippen LogP contribution is 2.18. The highest BCUT2D eigenvalue weighted by atomic mass is 127. The number of nitrogens with zero attached hydrogens (tertiary/aromatic N) is 2. The van der Waals surface area contributed by atoms with Gasteiger partial charge in [-0.25, -0.2) is 0 Å². The van der Waals surface area contributed by atoms with Gasteiger partial charge in [-0.2, -0.15) is 0 Å². The summed E-state index contributed by atoms with van der Waals surface area (Å²) in [7, 11) is 0. The van der Waals surface area contributed by atoms with Gasteiger partial charge >= 0.3 is 0 Å². The summed E-state index contributed by atoms with van der Waals surface area (Å²) < 4.78 is 1.05. The number of hydrogen-bond donors (Lipinski definition) is 1. The molecule has 0 unspecified atom stereocenters. The van der Waals surface area contributed by atoms with Gasteiger partial charge in [-0.1, -0.05) is 6.07 Å². The Morgan fingerprint density at radius 1 is 1.19 bits per heavy atom. The molecular weight excluding hydrogens is 381 g/mol. The van der Waals surface area contributed by atoms with E-state index in [1.54, 1.807) is 0 Å². The van der Waals surface area contributed by atoms with E-state index in [1.165, 1.54) is 0 Å². The number of carbonyl (C=O) groups is 2. The number of rotatable bonds is 3. The summed E-state index contributed by atoms with van der Waals surface area (Å²) in [6.45, 7) is 6.19. The first-order chi connectivity index (χ1) is 9.82. The first-order valence-electron chi connectivity index (χ1n) is 6.92. The van der Waals surface area contributed by atoms with Gasteiger partial charge in [-0.15, -0.1) is 0 Å². The first-order valence-corrected chi connectivity index (χ1v) is 8.00. The molecule has 0 radical (unpaired) electrons. The molecule has 0 spiro atoms. The Bertz CT molecular complexity index is 552. The quantitative estimate of drug-likeness (QED) is 0.777. The highest BCUT2D eigenvalue weighted by Gasteiger charge is 2.35. The lowest BCUT2D eigenvalue weighted by Crippen LogP contribution is -2.60. The summed E-state index contributed by atoms with van der Waals surface area (Å²) in [4.78, 5) is 27.8. The van der Waals surface area contributed by atoms with Crippen molar-refractivity contribution in [3.05, 3.63) is 33.4 Å². The molecular formula is C15H20IN3O2. The van der Waals surface area contributed by atoms with Gasteiger partial charge in [0.2, 0.25) is 5.91 Å². The van der Waals surface area contributed by atoms with E-state index in [9.17, 15) is 9.59 Å². The molecule has 1 aliphatic heterocycles. The van der Waals surface area contributed by atoms with Crippen LogP contribution in [0.25, 0.3) is 0 Å². The van der Waals surface area contributed by atoms with E-state index in [-0.39, 0.29) is 11.8 Å². The maximum atomic E-state index is 12.5. The van der Waals surface area contributed by atoms with Gasteiger partial charge in [0, 0.05) is 35.3 Å². The zero-order valence-corrected chi connectivity index (χ0v) is 14.5. The Balaban J connectivity index is 2.01. The maximum Gasteiger partial charge on any atom is 0.253 e. The van der Waals surface area contributed by atoms with Crippen LogP contribution in [0.5, 0.6) is 0 Å². The lowest BCUT2D eigenvalue weighted by atomic mass is 10.0. The second-order valence-corrected chi connectivity index (χ2v) is 6.96. The molecule has 2 rings (SSSR count). The van der Waals surface area contributed by atoms with Crippen LogP contribution in [-0.2, 0) is 4.79 Å². The van der Waals surface area contributed by atoms with Gasteiger partial charge < -0.3 is 10.6 Å². The molecule has 0 atom stereocenters. The summed E-state index contributed by atoms with van der Waals surface area (Å²) in [5.74, 6) is -0.287. The van der Waals surface area contributed by atoms with Gasteiger partial charge in [0.05, 0.1) is 5.54 Å². The molecule has 114 valence electrons. The van der Waals surface area contributed by atoms with Crippen molar-refractivity contribution in [1.82, 2.24) is 9.80 Å². The van der Waals surface area contributed by atoms with Gasteiger partial charge in [0.1, 0.15) is 0 Å². The van der Waals surface area contributed by atoms with Crippen molar-refractivity contribution < 1.29 is 9.59 Å². The Morgan fingerprint density at radius 2 is 1.81 bits per heavy atom. The van der Waals surface area contributed by atoms with Crippen molar-refractivity contribution in [3.63, 3.8) is 0 Å². The second kappa shape index (κ2) is 6.31. The largest absolute Gasteiger partial charge is 0.368 e. The molecule has 2 amide bonds. The molecule has 0 aromatic heterocycles. The van der Waals surface area contributed by atoms with E-state index < -0.39 is 5.54 Å². The third-order valence-corrected chi connectivity index (χ3v) is 4.70. The average Bonchev–Trinajstić information content (AvgIpc) is 2.46. The van der Waals surface area contributed by atoms with E-state index in [0.29, 0.717) is 31.7 Å². The number of piperazine rings is 1. The molecule has 1 saturated heterocycles. The van der Waals surface area contributed by atoms with Crippen LogP contribution in [0.15, 0.2) is 24.3 Å². The highest BCUT2D eigenvalue weighted by molar-refractivity contribution is 14.1. The summed E-state index contributed by atoms with van der Waals surface area (Å²) in [6.07, 6.45) is 0. The van der Waals surface area contributed by atoms with Crippen LogP contribution in [0.4, 0.5) is 0 Å². The van der Waals surface area contributed by atoms with E-state index >= 15 is 0 Å². The average molecular weight is 401 g/mol. The Morgan fingerprint density at radius 3 is 2.33 bits per heavy atom. The summed E-state index contributed by atoms with van der Waals surface area (Å²) in [5, 5.41) is 0. The summed E-state index contributed by atoms with van der Waals surface area (Å²) in [6, 6.07) is 7.58. The van der Waals surface area contributed by atoms with E-state index in [0.717, 1.165) is 3.57 Å². The van der Waals surface area contributed by atoms with Gasteiger partial charge in [0.25, 0.3) is 5.91 Å². The number of carbonyl (C=O) groups excluding carboxylic acids is 2. The minimum absolute atomic E-state index is 0.0463. The van der Waals surface area contributed by atoms with Crippen LogP contribution in [0, 0.1) is 3.57 Å². The number of hydrogen-bond acceptors (Lipinski definition) is 3. The van der Waals surface area contributed by atoms with Crippen molar-refractivity contribution in [2.75, 3.05) is 26.2 Å². The van der Waals surface area contributed by atoms with Crippen LogP contribution < -0.4 is 5.73 Å². The third kappa shape index (κ3) is 3.55. The Hall–Kier alpha value is -1.15. The zero-order chi connectivity index (χ0) is 15.6. The van der Waals surface area contributed by atoms with Crippen LogP contribution in [0.3, 0.4) is 0 Å². The molecule has 5 nitrogen and oxygen atoms in total. The van der Waals surface area contributed by atoms with Crippen LogP contribution in [-0.4, -0.2) is 53.3 Å². The molecule has 1 aromatic carbocycles. The predicted octanol–water partition coefficient (Wildman–Crippen LogP) is 1.31. The number of amides is 2. The van der Waals surface area contributed by atoms with Gasteiger partial charge in [-0.05, 0) is 54.6 Å². The number of benzene rings is 1. The zero-order valence-electron chi connectivity index (χ0n) is 12.3. The SMILES string of the molecule is CC(C)(C(N)=O)N1CCN(C(=O)c2cccc(I)c2)CC1. The Labute approximate surface area is 138 Å². The number of halogens is 1. The lowest BCUT2D eigenvalue weighted by molar-refractivity contribution is -0.129. The third-order valence-electron chi connectivity index (χ3n) is 4.03. The first kappa shape index (κ1) is 16.2. The fourth-order valence-electron chi connectivity index (χ4n) is 2.43. The van der Waals surface area contributed by atoms with Crippen LogP contribution >= 0.6 is 22.6 Å². The monoisotopic (exact) mass is 401 g/mol. The molecule has 0 bridgehead atoms. The molecule has 6 heteroatoms. The summed E-state index contributed by atoms with van der Waals surface area (Å²) >= 11 is 2.20. The van der Waals surface area contributed by atoms with Crippen molar-refractivity contribution in [2.24, 2.45) is 5.73 Å². The van der Waals surface area contributed by atoms with Crippen molar-refractivity contribution in [2.45, 2.75) is 19.4 Å². The van der Waals surface area contributed by atoms with Crippen LogP contribution in [0.2, 0.25) is 0 Å². The Kier molecular flexibility index (Phi) is 4.88. The number of nitrogens with two attached hydrogens (primary N) is 1. The standard InChI is InChI=1S/C15H20IN3O2/c1-15(2,14(17)21)19-8-6-18(7-9-19)13(20)11-4-3-5-12(16)10-11/h3-5,10H,6-9H2,1-2H3,(H2,17,21). The predicted molar refractivity (Wildman–Crippen MR) is 89.9 cm³/mol. The van der Waals surface area contributed by atoms with Crippen molar-refractivity contribution in [1.29, 1.82) is 0 Å². The molecule has 1 heterocycles. The molecule has 2 N–H and O–H groups in total. The van der Waals surface area contributed by atoms with E-state index in [2.05, 4.69) is 22.6 Å². The lowest BCUT2D eigenvalue weighted by Gasteiger charge is -2.42. The maximum absolute atomic E-state index is 12.5. The fourth-order valence-corrected chi connectivity index (χ4v) is 2.97. The molecule has 1 aromatic rings. The minimum atomic E-state index is -0.669. The smallest absolute Gasteiger partial charge is 0.253 e. The molecule has 1 fully saturated rings. The molecule has 0 saturated carbocycles. The van der Waals surface area contributed by atoms with Gasteiger partial charge in [0.15, 0.2) is 0 Å². The van der Waals surface area contributed by atoms with Crippen molar-refractivity contribution in [3.8, 4) is 0 Å². The van der Waals surface area contributed by atoms with Crippen LogP contribution in [0.1, 0.15) is 24.2 Å². The normalized spacial score (nSPS) is 16.8. The topological polar surface area (TPSA) is 66.6 Å². The summed E-state index contributed by atoms with van der Waals surface area (Å²) in [5.41, 5.74) is 5.48. The van der Waals surface area contributed by atoms with E-state index in [1.807, 2.05) is 47.9 Å². The van der Waals surface area contributed by atoms with Crippen molar-refractivity contribution >= 4 is 34.4 Å². The molecule has 0 aliphatic carbocycles.